The van der Waals surface area contributed by atoms with Crippen molar-refractivity contribution in [2.24, 2.45) is 4.99 Å². The van der Waals surface area contributed by atoms with Crippen LogP contribution >= 0.6 is 0 Å². The first-order valence-corrected chi connectivity index (χ1v) is 7.23. The summed E-state index contributed by atoms with van der Waals surface area (Å²) in [5, 5.41) is 10.1. The van der Waals surface area contributed by atoms with E-state index in [9.17, 15) is 4.39 Å². The van der Waals surface area contributed by atoms with Gasteiger partial charge in [0.05, 0.1) is 0 Å². The number of rotatable bonds is 6. The van der Waals surface area contributed by atoms with Gasteiger partial charge in [0.2, 0.25) is 5.89 Å². The molecule has 22 heavy (non-hydrogen) atoms. The largest absolute Gasteiger partial charge is 0.357 e. The molecule has 2 aromatic rings. The minimum Gasteiger partial charge on any atom is -0.357 e. The van der Waals surface area contributed by atoms with Crippen LogP contribution in [0.4, 0.5) is 4.39 Å². The zero-order valence-corrected chi connectivity index (χ0v) is 12.8. The Hall–Kier alpha value is -2.44. The van der Waals surface area contributed by atoms with Crippen LogP contribution in [0.2, 0.25) is 0 Å². The minimum absolute atomic E-state index is 0.217. The van der Waals surface area contributed by atoms with Gasteiger partial charge in [-0.2, -0.15) is 4.98 Å². The highest BCUT2D eigenvalue weighted by molar-refractivity contribution is 5.79. The molecule has 0 aliphatic rings. The van der Waals surface area contributed by atoms with Crippen molar-refractivity contribution in [3.63, 3.8) is 0 Å². The van der Waals surface area contributed by atoms with E-state index in [1.807, 2.05) is 13.0 Å². The molecule has 0 saturated carbocycles. The normalized spacial score (nSPS) is 11.5. The molecule has 0 aliphatic carbocycles. The van der Waals surface area contributed by atoms with Crippen molar-refractivity contribution in [3.05, 3.63) is 47.4 Å². The molecular weight excluding hydrogens is 285 g/mol. The lowest BCUT2D eigenvalue weighted by molar-refractivity contribution is 0.387. The molecule has 0 aliphatic heterocycles. The average Bonchev–Trinajstić information content (AvgIpc) is 2.90. The summed E-state index contributed by atoms with van der Waals surface area (Å²) < 4.78 is 18.0. The van der Waals surface area contributed by atoms with Crippen molar-refractivity contribution < 1.29 is 8.91 Å². The second-order valence-corrected chi connectivity index (χ2v) is 4.73. The molecule has 0 saturated heterocycles. The molecule has 2 N–H and O–H groups in total. The van der Waals surface area contributed by atoms with Crippen molar-refractivity contribution in [1.29, 1.82) is 0 Å². The number of hydrogen-bond acceptors (Lipinski definition) is 4. The first-order valence-electron chi connectivity index (χ1n) is 7.23. The lowest BCUT2D eigenvalue weighted by atomic mass is 10.1. The summed E-state index contributed by atoms with van der Waals surface area (Å²) in [4.78, 5) is 8.48. The maximum Gasteiger partial charge on any atom is 0.223 e. The molecule has 0 atom stereocenters. The smallest absolute Gasteiger partial charge is 0.223 e. The van der Waals surface area contributed by atoms with Gasteiger partial charge in [-0.1, -0.05) is 17.3 Å². The van der Waals surface area contributed by atoms with Gasteiger partial charge < -0.3 is 15.2 Å². The van der Waals surface area contributed by atoms with E-state index in [2.05, 4.69) is 25.8 Å². The summed E-state index contributed by atoms with van der Waals surface area (Å²) in [6, 6.07) is 6.59. The Labute approximate surface area is 128 Å². The molecule has 7 heteroatoms. The van der Waals surface area contributed by atoms with E-state index in [0.717, 1.165) is 12.1 Å². The van der Waals surface area contributed by atoms with E-state index in [4.69, 9.17) is 4.52 Å². The predicted molar refractivity (Wildman–Crippen MR) is 82.0 cm³/mol. The summed E-state index contributed by atoms with van der Waals surface area (Å²) in [5.74, 6) is 1.51. The van der Waals surface area contributed by atoms with Gasteiger partial charge in [-0.3, -0.25) is 0 Å². The van der Waals surface area contributed by atoms with Crippen molar-refractivity contribution >= 4 is 5.96 Å². The van der Waals surface area contributed by atoms with Crippen LogP contribution in [0.5, 0.6) is 0 Å². The fourth-order valence-corrected chi connectivity index (χ4v) is 1.91. The third kappa shape index (κ3) is 5.16. The van der Waals surface area contributed by atoms with Crippen molar-refractivity contribution in [1.82, 2.24) is 20.8 Å². The summed E-state index contributed by atoms with van der Waals surface area (Å²) in [6.07, 6.45) is 0.712. The first kappa shape index (κ1) is 15.9. The van der Waals surface area contributed by atoms with Crippen LogP contribution in [0.25, 0.3) is 0 Å². The Kier molecular flexibility index (Phi) is 5.88. The molecular formula is C15H20FN5O. The summed E-state index contributed by atoms with van der Waals surface area (Å²) >= 11 is 0. The summed E-state index contributed by atoms with van der Waals surface area (Å²) in [5.41, 5.74) is 0.942. The number of nitrogens with one attached hydrogen (secondary N) is 2. The summed E-state index contributed by atoms with van der Waals surface area (Å²) in [6.45, 7) is 5.47. The van der Waals surface area contributed by atoms with Crippen LogP contribution in [0.15, 0.2) is 33.8 Å². The minimum atomic E-state index is -0.217. The van der Waals surface area contributed by atoms with E-state index in [0.29, 0.717) is 37.2 Å². The lowest BCUT2D eigenvalue weighted by Gasteiger charge is -2.10. The second-order valence-electron chi connectivity index (χ2n) is 4.73. The van der Waals surface area contributed by atoms with Crippen LogP contribution in [-0.2, 0) is 13.0 Å². The van der Waals surface area contributed by atoms with Crippen LogP contribution in [0.3, 0.4) is 0 Å². The van der Waals surface area contributed by atoms with E-state index in [-0.39, 0.29) is 5.82 Å². The molecule has 0 spiro atoms. The van der Waals surface area contributed by atoms with Crippen molar-refractivity contribution in [2.75, 3.05) is 13.1 Å². The number of nitrogens with zero attached hydrogens (tertiary/aromatic N) is 3. The monoisotopic (exact) mass is 305 g/mol. The maximum atomic E-state index is 13.1. The molecule has 0 unspecified atom stereocenters. The Morgan fingerprint density at radius 1 is 1.36 bits per heavy atom. The number of aromatic nitrogens is 2. The third-order valence-electron chi connectivity index (χ3n) is 2.89. The maximum absolute atomic E-state index is 13.1. The molecule has 0 bridgehead atoms. The molecule has 0 amide bonds. The number of halogens is 1. The van der Waals surface area contributed by atoms with Crippen LogP contribution < -0.4 is 10.6 Å². The molecule has 1 heterocycles. The Morgan fingerprint density at radius 2 is 2.23 bits per heavy atom. The number of aliphatic imine (C=N–C) groups is 1. The quantitative estimate of drug-likeness (QED) is 0.629. The average molecular weight is 305 g/mol. The van der Waals surface area contributed by atoms with Crippen molar-refractivity contribution in [2.45, 2.75) is 26.8 Å². The molecule has 118 valence electrons. The molecule has 1 aromatic heterocycles. The highest BCUT2D eigenvalue weighted by atomic mass is 19.1. The third-order valence-corrected chi connectivity index (χ3v) is 2.89. The van der Waals surface area contributed by atoms with E-state index in [1.165, 1.54) is 12.1 Å². The van der Waals surface area contributed by atoms with Crippen LogP contribution in [0.1, 0.15) is 24.2 Å². The van der Waals surface area contributed by atoms with Gasteiger partial charge in [0.1, 0.15) is 12.4 Å². The van der Waals surface area contributed by atoms with Crippen LogP contribution in [-0.4, -0.2) is 29.2 Å². The van der Waals surface area contributed by atoms with Gasteiger partial charge in [0, 0.05) is 20.0 Å². The number of hydrogen-bond donors (Lipinski definition) is 2. The molecule has 0 radical (unpaired) electrons. The fourth-order valence-electron chi connectivity index (χ4n) is 1.91. The molecule has 1 aromatic carbocycles. The molecule has 6 nitrogen and oxygen atoms in total. The first-order chi connectivity index (χ1) is 10.7. The van der Waals surface area contributed by atoms with Gasteiger partial charge in [0.15, 0.2) is 11.8 Å². The zero-order chi connectivity index (χ0) is 15.8. The number of aryl methyl sites for hydroxylation is 1. The highest BCUT2D eigenvalue weighted by Gasteiger charge is 2.03. The van der Waals surface area contributed by atoms with Gasteiger partial charge in [-0.15, -0.1) is 0 Å². The van der Waals surface area contributed by atoms with Crippen LogP contribution in [0, 0.1) is 12.7 Å². The molecule has 0 fully saturated rings. The Balaban J connectivity index is 1.85. The number of benzene rings is 1. The second kappa shape index (κ2) is 8.11. The summed E-state index contributed by atoms with van der Waals surface area (Å²) in [7, 11) is 0. The fraction of sp³-hybridized carbons (Fsp3) is 0.400. The van der Waals surface area contributed by atoms with E-state index >= 15 is 0 Å². The van der Waals surface area contributed by atoms with E-state index < -0.39 is 0 Å². The van der Waals surface area contributed by atoms with Gasteiger partial charge in [0.25, 0.3) is 0 Å². The van der Waals surface area contributed by atoms with Gasteiger partial charge in [-0.25, -0.2) is 9.38 Å². The zero-order valence-electron chi connectivity index (χ0n) is 12.8. The standard InChI is InChI=1S/C15H20FN5O/c1-3-17-15(19-10-14-20-11(2)22-21-14)18-8-7-12-5-4-6-13(16)9-12/h4-6,9H,3,7-8,10H2,1-2H3,(H2,17,18,19). The predicted octanol–water partition coefficient (Wildman–Crippen LogP) is 1.81. The Bertz CT molecular complexity index is 626. The Morgan fingerprint density at radius 3 is 2.91 bits per heavy atom. The SMILES string of the molecule is CCNC(=NCc1noc(C)n1)NCCc1cccc(F)c1. The van der Waals surface area contributed by atoms with Gasteiger partial charge >= 0.3 is 0 Å². The molecule has 2 rings (SSSR count). The van der Waals surface area contributed by atoms with Gasteiger partial charge in [-0.05, 0) is 31.0 Å². The number of guanidine groups is 1. The highest BCUT2D eigenvalue weighted by Crippen LogP contribution is 2.03. The lowest BCUT2D eigenvalue weighted by Crippen LogP contribution is -2.38. The van der Waals surface area contributed by atoms with Crippen molar-refractivity contribution in [3.8, 4) is 0 Å². The van der Waals surface area contributed by atoms with E-state index in [1.54, 1.807) is 13.0 Å². The topological polar surface area (TPSA) is 75.3 Å².